The smallest absolute Gasteiger partial charge is 0.140 e. The van der Waals surface area contributed by atoms with Gasteiger partial charge in [-0.3, -0.25) is 0 Å². The predicted octanol–water partition coefficient (Wildman–Crippen LogP) is 3.29. The molecule has 1 aromatic carbocycles. The lowest BCUT2D eigenvalue weighted by Gasteiger charge is -2.25. The molecule has 0 heterocycles. The molecule has 1 N–H and O–H groups in total. The van der Waals surface area contributed by atoms with E-state index in [2.05, 4.69) is 18.3 Å². The van der Waals surface area contributed by atoms with E-state index in [-0.39, 0.29) is 5.75 Å². The van der Waals surface area contributed by atoms with E-state index in [1.807, 2.05) is 18.2 Å². The standard InChI is InChI=1S/C18H29NO2S/c1-15(13-16-7-3-2-4-8-16)19-14-18-10-6-5-9-17(18)11-12-22(20)21/h5-6,9-10,15-16,19,22H,2-4,7-8,11-14H2,1H3. The van der Waals surface area contributed by atoms with Crippen molar-refractivity contribution < 1.29 is 8.42 Å². The summed E-state index contributed by atoms with van der Waals surface area (Å²) in [4.78, 5) is 0. The lowest BCUT2D eigenvalue weighted by atomic mass is 9.85. The van der Waals surface area contributed by atoms with Crippen LogP contribution in [0.2, 0.25) is 0 Å². The molecule has 0 bridgehead atoms. The number of aryl methyl sites for hydroxylation is 1. The minimum atomic E-state index is -2.29. The molecule has 0 amide bonds. The van der Waals surface area contributed by atoms with Crippen LogP contribution in [-0.4, -0.2) is 20.2 Å². The Morgan fingerprint density at radius 1 is 1.14 bits per heavy atom. The van der Waals surface area contributed by atoms with Crippen molar-refractivity contribution in [2.75, 3.05) is 5.75 Å². The number of nitrogens with one attached hydrogen (secondary N) is 1. The molecule has 3 nitrogen and oxygen atoms in total. The van der Waals surface area contributed by atoms with Gasteiger partial charge in [-0.2, -0.15) is 0 Å². The van der Waals surface area contributed by atoms with Gasteiger partial charge in [-0.15, -0.1) is 0 Å². The highest BCUT2D eigenvalue weighted by Gasteiger charge is 2.16. The minimum Gasteiger partial charge on any atom is -0.310 e. The van der Waals surface area contributed by atoms with Gasteiger partial charge in [-0.25, -0.2) is 8.42 Å². The zero-order chi connectivity index (χ0) is 15.8. The maximum Gasteiger partial charge on any atom is 0.140 e. The third-order valence-electron chi connectivity index (χ3n) is 4.73. The summed E-state index contributed by atoms with van der Waals surface area (Å²) < 4.78 is 21.6. The van der Waals surface area contributed by atoms with E-state index < -0.39 is 10.7 Å². The normalized spacial score (nSPS) is 17.7. The van der Waals surface area contributed by atoms with E-state index in [9.17, 15) is 8.42 Å². The van der Waals surface area contributed by atoms with Crippen LogP contribution < -0.4 is 5.32 Å². The number of benzene rings is 1. The van der Waals surface area contributed by atoms with Gasteiger partial charge in [-0.05, 0) is 36.8 Å². The first kappa shape index (κ1) is 17.5. The summed E-state index contributed by atoms with van der Waals surface area (Å²) >= 11 is 0. The van der Waals surface area contributed by atoms with Crippen LogP contribution in [0.1, 0.15) is 56.6 Å². The molecule has 0 radical (unpaired) electrons. The van der Waals surface area contributed by atoms with Gasteiger partial charge in [0.25, 0.3) is 0 Å². The summed E-state index contributed by atoms with van der Waals surface area (Å²) in [6.07, 6.45) is 8.86. The fourth-order valence-corrected chi connectivity index (χ4v) is 3.90. The second-order valence-corrected chi connectivity index (χ2v) is 7.71. The molecule has 2 rings (SSSR count). The third kappa shape index (κ3) is 6.09. The molecule has 0 aromatic heterocycles. The lowest BCUT2D eigenvalue weighted by Crippen LogP contribution is -2.29. The molecule has 0 spiro atoms. The van der Waals surface area contributed by atoms with Crippen LogP contribution in [0.5, 0.6) is 0 Å². The van der Waals surface area contributed by atoms with Crippen molar-refractivity contribution in [1.29, 1.82) is 0 Å². The highest BCUT2D eigenvalue weighted by Crippen LogP contribution is 2.27. The van der Waals surface area contributed by atoms with Gasteiger partial charge in [0.05, 0.1) is 5.75 Å². The zero-order valence-corrected chi connectivity index (χ0v) is 14.5. The fourth-order valence-electron chi connectivity index (χ4n) is 3.48. The number of hydrogen-bond acceptors (Lipinski definition) is 3. The first-order valence-electron chi connectivity index (χ1n) is 8.57. The van der Waals surface area contributed by atoms with Crippen molar-refractivity contribution in [2.24, 2.45) is 5.92 Å². The Labute approximate surface area is 136 Å². The summed E-state index contributed by atoms with van der Waals surface area (Å²) in [7, 11) is -2.29. The molecule has 0 saturated heterocycles. The summed E-state index contributed by atoms with van der Waals surface area (Å²) in [6.45, 7) is 3.10. The molecule has 1 saturated carbocycles. The van der Waals surface area contributed by atoms with E-state index in [1.165, 1.54) is 44.1 Å². The Kier molecular flexibility index (Phi) is 7.40. The lowest BCUT2D eigenvalue weighted by molar-refractivity contribution is 0.304. The van der Waals surface area contributed by atoms with Gasteiger partial charge in [0.1, 0.15) is 10.7 Å². The maximum atomic E-state index is 10.8. The molecule has 1 atom stereocenters. The van der Waals surface area contributed by atoms with Crippen molar-refractivity contribution in [3.63, 3.8) is 0 Å². The molecule has 1 unspecified atom stereocenters. The average molecular weight is 324 g/mol. The monoisotopic (exact) mass is 323 g/mol. The molecule has 1 aromatic rings. The van der Waals surface area contributed by atoms with Gasteiger partial charge in [0.2, 0.25) is 0 Å². The maximum absolute atomic E-state index is 10.8. The average Bonchev–Trinajstić information content (AvgIpc) is 2.52. The quantitative estimate of drug-likeness (QED) is 0.722. The van der Waals surface area contributed by atoms with Gasteiger partial charge in [0.15, 0.2) is 0 Å². The topological polar surface area (TPSA) is 46.2 Å². The number of hydrogen-bond donors (Lipinski definition) is 2. The fraction of sp³-hybridized carbons (Fsp3) is 0.667. The molecule has 1 aliphatic carbocycles. The number of thiol groups is 1. The third-order valence-corrected chi connectivity index (χ3v) is 5.32. The highest BCUT2D eigenvalue weighted by atomic mass is 32.2. The van der Waals surface area contributed by atoms with Crippen LogP contribution in [0, 0.1) is 5.92 Å². The highest BCUT2D eigenvalue weighted by molar-refractivity contribution is 7.72. The Balaban J connectivity index is 1.82. The summed E-state index contributed by atoms with van der Waals surface area (Å²) in [5, 5.41) is 3.62. The van der Waals surface area contributed by atoms with Gasteiger partial charge >= 0.3 is 0 Å². The Bertz CT molecular complexity index is 514. The summed E-state index contributed by atoms with van der Waals surface area (Å²) in [6, 6.07) is 8.69. The van der Waals surface area contributed by atoms with Crippen LogP contribution in [-0.2, 0) is 23.7 Å². The first-order chi connectivity index (χ1) is 10.6. The Hall–Kier alpha value is -0.870. The van der Waals surface area contributed by atoms with Gasteiger partial charge in [-0.1, -0.05) is 56.4 Å². The van der Waals surface area contributed by atoms with Crippen molar-refractivity contribution in [3.8, 4) is 0 Å². The molecular formula is C18H29NO2S. The van der Waals surface area contributed by atoms with Crippen LogP contribution >= 0.6 is 0 Å². The van der Waals surface area contributed by atoms with Crippen LogP contribution in [0.3, 0.4) is 0 Å². The van der Waals surface area contributed by atoms with Gasteiger partial charge < -0.3 is 5.32 Å². The molecule has 22 heavy (non-hydrogen) atoms. The molecular weight excluding hydrogens is 294 g/mol. The molecule has 124 valence electrons. The van der Waals surface area contributed by atoms with Crippen molar-refractivity contribution in [1.82, 2.24) is 5.32 Å². The SMILES string of the molecule is CC(CC1CCCCC1)NCc1ccccc1CC[SH](=O)=O. The van der Waals surface area contributed by atoms with E-state index in [0.29, 0.717) is 12.5 Å². The molecule has 4 heteroatoms. The van der Waals surface area contributed by atoms with Crippen LogP contribution in [0.15, 0.2) is 24.3 Å². The Morgan fingerprint density at radius 2 is 1.82 bits per heavy atom. The van der Waals surface area contributed by atoms with Crippen molar-refractivity contribution in [3.05, 3.63) is 35.4 Å². The molecule has 0 aliphatic heterocycles. The summed E-state index contributed by atoms with van der Waals surface area (Å²) in [5.74, 6) is 1.13. The van der Waals surface area contributed by atoms with E-state index in [1.54, 1.807) is 0 Å². The van der Waals surface area contributed by atoms with E-state index >= 15 is 0 Å². The van der Waals surface area contributed by atoms with Crippen molar-refractivity contribution >= 4 is 10.7 Å². The second kappa shape index (κ2) is 9.31. The summed E-state index contributed by atoms with van der Waals surface area (Å²) in [5.41, 5.74) is 2.38. The first-order valence-corrected chi connectivity index (χ1v) is 9.93. The molecule has 1 aliphatic rings. The van der Waals surface area contributed by atoms with Crippen molar-refractivity contribution in [2.45, 2.75) is 64.5 Å². The second-order valence-electron chi connectivity index (χ2n) is 6.60. The predicted molar refractivity (Wildman–Crippen MR) is 92.8 cm³/mol. The van der Waals surface area contributed by atoms with Crippen LogP contribution in [0.25, 0.3) is 0 Å². The Morgan fingerprint density at radius 3 is 2.50 bits per heavy atom. The largest absolute Gasteiger partial charge is 0.310 e. The van der Waals surface area contributed by atoms with E-state index in [0.717, 1.165) is 18.0 Å². The minimum absolute atomic E-state index is 0.240. The molecule has 1 fully saturated rings. The zero-order valence-electron chi connectivity index (χ0n) is 13.6. The van der Waals surface area contributed by atoms with Gasteiger partial charge in [0, 0.05) is 12.6 Å². The van der Waals surface area contributed by atoms with E-state index in [4.69, 9.17) is 0 Å². The van der Waals surface area contributed by atoms with Crippen LogP contribution in [0.4, 0.5) is 0 Å². The number of rotatable bonds is 8.